The summed E-state index contributed by atoms with van der Waals surface area (Å²) in [4.78, 5) is 0. The second-order valence-corrected chi connectivity index (χ2v) is 17.3. The van der Waals surface area contributed by atoms with E-state index in [1.54, 1.807) is 22.3 Å². The van der Waals surface area contributed by atoms with Crippen LogP contribution in [0.4, 0.5) is 0 Å². The summed E-state index contributed by atoms with van der Waals surface area (Å²) >= 11 is 0. The van der Waals surface area contributed by atoms with Gasteiger partial charge in [-0.25, -0.2) is 0 Å². The third kappa shape index (κ3) is 5.24. The maximum atomic E-state index is 2.81. The third-order valence-corrected chi connectivity index (χ3v) is 17.2. The quantitative estimate of drug-likeness (QED) is 0.250. The Morgan fingerprint density at radius 2 is 0.909 bits per heavy atom. The molecule has 0 aromatic carbocycles. The molecule has 2 aliphatic carbocycles. The Hall–Kier alpha value is -0.823. The second-order valence-electron chi connectivity index (χ2n) is 12.1. The van der Waals surface area contributed by atoms with Crippen molar-refractivity contribution in [1.29, 1.82) is 0 Å². The van der Waals surface area contributed by atoms with Crippen LogP contribution in [0.3, 0.4) is 0 Å². The molecule has 1 heteroatoms. The normalized spacial score (nSPS) is 26.5. The first kappa shape index (κ1) is 28.4. The predicted octanol–water partition coefficient (Wildman–Crippen LogP) is 10.9. The lowest BCUT2D eigenvalue weighted by Gasteiger charge is -2.52. The molecule has 188 valence electrons. The van der Waals surface area contributed by atoms with Gasteiger partial charge in [0.05, 0.1) is 8.07 Å². The van der Waals surface area contributed by atoms with Gasteiger partial charge in [0.1, 0.15) is 0 Å². The monoisotopic (exact) mass is 468 g/mol. The first-order valence-corrected chi connectivity index (χ1v) is 16.7. The van der Waals surface area contributed by atoms with E-state index in [9.17, 15) is 0 Å². The van der Waals surface area contributed by atoms with Crippen LogP contribution in [0, 0.1) is 23.7 Å². The zero-order chi connectivity index (χ0) is 25.1. The average Bonchev–Trinajstić information content (AvgIpc) is 3.44. The Kier molecular flexibility index (Phi) is 10.1. The number of hydrogen-bond donors (Lipinski definition) is 0. The molecule has 0 N–H and O–H groups in total. The molecule has 0 spiro atoms. The minimum atomic E-state index is -1.88. The van der Waals surface area contributed by atoms with Crippen molar-refractivity contribution in [2.24, 2.45) is 23.7 Å². The molecule has 0 amide bonds. The van der Waals surface area contributed by atoms with Crippen molar-refractivity contribution in [2.45, 2.75) is 131 Å². The van der Waals surface area contributed by atoms with E-state index in [4.69, 9.17) is 0 Å². The summed E-state index contributed by atoms with van der Waals surface area (Å²) in [5.74, 6) is 2.58. The summed E-state index contributed by atoms with van der Waals surface area (Å²) in [6.07, 6.45) is 16.0. The Labute approximate surface area is 209 Å². The summed E-state index contributed by atoms with van der Waals surface area (Å²) < 4.78 is 0. The highest BCUT2D eigenvalue weighted by molar-refractivity contribution is 6.87. The molecule has 2 aliphatic rings. The Balaban J connectivity index is 2.85. The molecule has 2 rings (SSSR count). The molecule has 0 fully saturated rings. The fourth-order valence-electron chi connectivity index (χ4n) is 6.85. The molecular weight excluding hydrogens is 412 g/mol. The largest absolute Gasteiger partial charge is 0.0820 e. The molecule has 0 aromatic rings. The fourth-order valence-corrected chi connectivity index (χ4v) is 15.0. The number of allylic oxidation sites excluding steroid dienone is 8. The molecule has 0 aliphatic heterocycles. The van der Waals surface area contributed by atoms with Gasteiger partial charge >= 0.3 is 0 Å². The van der Waals surface area contributed by atoms with Crippen LogP contribution in [-0.4, -0.2) is 8.07 Å². The molecule has 0 radical (unpaired) electrons. The van der Waals surface area contributed by atoms with E-state index in [1.807, 2.05) is 0 Å². The Morgan fingerprint density at radius 3 is 1.15 bits per heavy atom. The number of hydrogen-bond acceptors (Lipinski definition) is 0. The van der Waals surface area contributed by atoms with Crippen LogP contribution in [0.5, 0.6) is 0 Å². The molecule has 33 heavy (non-hydrogen) atoms. The van der Waals surface area contributed by atoms with Gasteiger partial charge in [0.2, 0.25) is 0 Å². The van der Waals surface area contributed by atoms with Crippen LogP contribution in [-0.2, 0) is 0 Å². The van der Waals surface area contributed by atoms with Crippen molar-refractivity contribution in [3.05, 3.63) is 46.6 Å². The van der Waals surface area contributed by atoms with Crippen LogP contribution >= 0.6 is 0 Å². The minimum absolute atomic E-state index is 0.624. The van der Waals surface area contributed by atoms with Crippen molar-refractivity contribution in [2.75, 3.05) is 0 Å². The molecule has 6 unspecified atom stereocenters. The predicted molar refractivity (Wildman–Crippen MR) is 154 cm³/mol. The van der Waals surface area contributed by atoms with Crippen molar-refractivity contribution in [3.8, 4) is 0 Å². The molecule has 0 bridgehead atoms. The molecule has 0 heterocycles. The van der Waals surface area contributed by atoms with Gasteiger partial charge in [0, 0.05) is 0 Å². The highest BCUT2D eigenvalue weighted by atomic mass is 28.3. The minimum Gasteiger partial charge on any atom is -0.0765 e. The number of rotatable bonds is 12. The second kappa shape index (κ2) is 11.7. The van der Waals surface area contributed by atoms with Crippen molar-refractivity contribution < 1.29 is 0 Å². The molecule has 6 atom stereocenters. The van der Waals surface area contributed by atoms with Gasteiger partial charge in [-0.3, -0.25) is 0 Å². The maximum absolute atomic E-state index is 2.81. The fraction of sp³-hybridized carbons (Fsp3) is 0.750. The van der Waals surface area contributed by atoms with Gasteiger partial charge in [-0.1, -0.05) is 131 Å². The van der Waals surface area contributed by atoms with Crippen molar-refractivity contribution >= 4 is 8.07 Å². The molecule has 0 saturated heterocycles. The van der Waals surface area contributed by atoms with E-state index in [2.05, 4.69) is 107 Å². The van der Waals surface area contributed by atoms with Gasteiger partial charge in [-0.15, -0.1) is 0 Å². The van der Waals surface area contributed by atoms with Crippen molar-refractivity contribution in [3.63, 3.8) is 0 Å². The Morgan fingerprint density at radius 1 is 0.576 bits per heavy atom. The van der Waals surface area contributed by atoms with Gasteiger partial charge in [0.15, 0.2) is 0 Å². The van der Waals surface area contributed by atoms with Gasteiger partial charge < -0.3 is 0 Å². The summed E-state index contributed by atoms with van der Waals surface area (Å²) in [5.41, 5.74) is 9.72. The topological polar surface area (TPSA) is 0 Å². The van der Waals surface area contributed by atoms with Gasteiger partial charge in [-0.05, 0) is 69.8 Å². The van der Waals surface area contributed by atoms with Crippen LogP contribution in [0.1, 0.15) is 109 Å². The molecule has 0 saturated carbocycles. The smallest absolute Gasteiger partial charge is 0.0765 e. The van der Waals surface area contributed by atoms with E-state index >= 15 is 0 Å². The van der Waals surface area contributed by atoms with Crippen LogP contribution < -0.4 is 0 Å². The van der Waals surface area contributed by atoms with Crippen LogP contribution in [0.25, 0.3) is 0 Å². The molecular formula is C32H56Si. The summed E-state index contributed by atoms with van der Waals surface area (Å²) in [6, 6.07) is 0. The highest BCUT2D eigenvalue weighted by Gasteiger charge is 2.56. The van der Waals surface area contributed by atoms with E-state index in [-0.39, 0.29) is 0 Å². The summed E-state index contributed by atoms with van der Waals surface area (Å²) in [7, 11) is -1.88. The maximum Gasteiger partial charge on any atom is 0.0820 e. The van der Waals surface area contributed by atoms with E-state index in [0.717, 1.165) is 11.1 Å². The van der Waals surface area contributed by atoms with E-state index < -0.39 is 8.07 Å². The SMILES string of the molecule is CCC(C)C1=CC([Si](C(C)CC)(C(C)CC)C2C=C(C(C)CC)C=C2C(C)C)C(C(C)C)=C1. The van der Waals surface area contributed by atoms with Gasteiger partial charge in [-0.2, -0.15) is 0 Å². The van der Waals surface area contributed by atoms with Gasteiger partial charge in [0.25, 0.3) is 0 Å². The lowest BCUT2D eigenvalue weighted by Crippen LogP contribution is -2.52. The zero-order valence-corrected chi connectivity index (χ0v) is 25.3. The van der Waals surface area contributed by atoms with Crippen molar-refractivity contribution in [1.82, 2.24) is 0 Å². The van der Waals surface area contributed by atoms with E-state index in [1.165, 1.54) is 25.7 Å². The summed E-state index contributed by atoms with van der Waals surface area (Å²) in [6.45, 7) is 29.6. The third-order valence-electron chi connectivity index (χ3n) is 9.81. The lowest BCUT2D eigenvalue weighted by molar-refractivity contribution is 0.659. The first-order valence-electron chi connectivity index (χ1n) is 14.4. The van der Waals surface area contributed by atoms with E-state index in [0.29, 0.717) is 34.8 Å². The lowest BCUT2D eigenvalue weighted by atomic mass is 9.98. The molecule has 0 nitrogen and oxygen atoms in total. The van der Waals surface area contributed by atoms with Crippen LogP contribution in [0.15, 0.2) is 46.6 Å². The highest BCUT2D eigenvalue weighted by Crippen LogP contribution is 2.62. The Bertz CT molecular complexity index is 708. The average molecular weight is 469 g/mol. The molecule has 0 aromatic heterocycles. The first-order chi connectivity index (χ1) is 15.5. The summed E-state index contributed by atoms with van der Waals surface area (Å²) in [5, 5.41) is 0. The van der Waals surface area contributed by atoms with Crippen LogP contribution in [0.2, 0.25) is 22.2 Å². The zero-order valence-electron chi connectivity index (χ0n) is 24.3. The standard InChI is InChI=1S/C32H56Si/c1-13-23(9)27-17-29(21(5)6)31(19-27)33(25(11)15-3,26(12)16-4)32-20-28(24(10)14-2)18-30(32)22(7)8/h17-26,31-32H,13-16H2,1-12H3.